The molecule has 0 aliphatic heterocycles. The summed E-state index contributed by atoms with van der Waals surface area (Å²) in [7, 11) is 1.33. The minimum atomic E-state index is -0.428. The minimum absolute atomic E-state index is 0.0456. The molecule has 1 aliphatic rings. The van der Waals surface area contributed by atoms with Crippen molar-refractivity contribution >= 4 is 40.3 Å². The predicted molar refractivity (Wildman–Crippen MR) is 143 cm³/mol. The number of methoxy groups -OCH3 is 1. The summed E-state index contributed by atoms with van der Waals surface area (Å²) in [6, 6.07) is 15.7. The first-order valence-electron chi connectivity index (χ1n) is 12.0. The van der Waals surface area contributed by atoms with Crippen LogP contribution in [0.4, 0.5) is 0 Å². The van der Waals surface area contributed by atoms with Gasteiger partial charge in [-0.3, -0.25) is 9.13 Å². The van der Waals surface area contributed by atoms with Crippen LogP contribution in [0, 0.1) is 0 Å². The first-order chi connectivity index (χ1) is 17.8. The molecule has 5 rings (SSSR count). The number of ether oxygens (including phenoxy) is 2. The van der Waals surface area contributed by atoms with Gasteiger partial charge in [0, 0.05) is 18.2 Å². The standard InChI is InChI=1S/C27H26Cl2N4O4/c1-36-26(34)17-3-9-20(10-4-17)37-24-13-12-23-25(31-24)32(15-16-2-11-21(28)22(29)14-16)27(35)33(23)19-7-5-18(30)6-8-19/h2-4,9-14,18-19H,5-8,15,30H2,1H3. The Morgan fingerprint density at radius 1 is 1.03 bits per heavy atom. The van der Waals surface area contributed by atoms with Gasteiger partial charge in [-0.1, -0.05) is 29.3 Å². The lowest BCUT2D eigenvalue weighted by Crippen LogP contribution is -2.33. The largest absolute Gasteiger partial charge is 0.465 e. The summed E-state index contributed by atoms with van der Waals surface area (Å²) in [5.74, 6) is 0.394. The molecule has 0 saturated heterocycles. The molecule has 192 valence electrons. The molecule has 1 saturated carbocycles. The van der Waals surface area contributed by atoms with Crippen molar-refractivity contribution in [1.82, 2.24) is 14.1 Å². The van der Waals surface area contributed by atoms with Gasteiger partial charge in [-0.2, -0.15) is 4.98 Å². The lowest BCUT2D eigenvalue weighted by molar-refractivity contribution is 0.0600. The molecule has 0 radical (unpaired) electrons. The Balaban J connectivity index is 1.54. The molecule has 37 heavy (non-hydrogen) atoms. The zero-order chi connectivity index (χ0) is 26.1. The van der Waals surface area contributed by atoms with E-state index in [-0.39, 0.29) is 24.3 Å². The van der Waals surface area contributed by atoms with Gasteiger partial charge in [0.15, 0.2) is 5.65 Å². The van der Waals surface area contributed by atoms with Crippen molar-refractivity contribution < 1.29 is 14.3 Å². The number of nitrogens with two attached hydrogens (primary N) is 1. The van der Waals surface area contributed by atoms with E-state index in [4.69, 9.17) is 43.4 Å². The van der Waals surface area contributed by atoms with E-state index >= 15 is 0 Å². The summed E-state index contributed by atoms with van der Waals surface area (Å²) in [5.41, 5.74) is 8.46. The predicted octanol–water partition coefficient (Wildman–Crippen LogP) is 5.57. The number of hydrogen-bond acceptors (Lipinski definition) is 6. The highest BCUT2D eigenvalue weighted by atomic mass is 35.5. The molecule has 2 N–H and O–H groups in total. The van der Waals surface area contributed by atoms with Gasteiger partial charge >= 0.3 is 11.7 Å². The molecule has 8 nitrogen and oxygen atoms in total. The number of carbonyl (C=O) groups is 1. The average Bonchev–Trinajstić information content (AvgIpc) is 3.17. The fourth-order valence-corrected chi connectivity index (χ4v) is 5.08. The molecule has 4 aromatic rings. The van der Waals surface area contributed by atoms with Crippen molar-refractivity contribution in [2.75, 3.05) is 7.11 Å². The fraction of sp³-hybridized carbons (Fsp3) is 0.296. The number of carbonyl (C=O) groups excluding carboxylic acids is 1. The summed E-state index contributed by atoms with van der Waals surface area (Å²) in [6.07, 6.45) is 3.40. The zero-order valence-corrected chi connectivity index (χ0v) is 21.7. The number of halogens is 2. The molecular weight excluding hydrogens is 515 g/mol. The van der Waals surface area contributed by atoms with Crippen LogP contribution in [0.15, 0.2) is 59.4 Å². The van der Waals surface area contributed by atoms with Gasteiger partial charge in [-0.15, -0.1) is 0 Å². The molecule has 2 aromatic heterocycles. The smallest absolute Gasteiger partial charge is 0.337 e. The number of benzene rings is 2. The van der Waals surface area contributed by atoms with Gasteiger partial charge in [0.25, 0.3) is 0 Å². The van der Waals surface area contributed by atoms with Crippen molar-refractivity contribution in [3.63, 3.8) is 0 Å². The van der Waals surface area contributed by atoms with Gasteiger partial charge in [-0.05, 0) is 73.7 Å². The molecular formula is C27H26Cl2N4O4. The molecule has 2 heterocycles. The second-order valence-electron chi connectivity index (χ2n) is 9.17. The number of nitrogens with zero attached hydrogens (tertiary/aromatic N) is 3. The SMILES string of the molecule is COC(=O)c1ccc(Oc2ccc3c(n2)n(Cc2ccc(Cl)c(Cl)c2)c(=O)n3C2CCC(N)CC2)cc1. The van der Waals surface area contributed by atoms with Crippen LogP contribution in [0.25, 0.3) is 11.2 Å². The molecule has 10 heteroatoms. The third-order valence-electron chi connectivity index (χ3n) is 6.71. The Labute approximate surface area is 223 Å². The lowest BCUT2D eigenvalue weighted by Gasteiger charge is -2.26. The maximum Gasteiger partial charge on any atom is 0.337 e. The molecule has 0 spiro atoms. The maximum absolute atomic E-state index is 13.7. The van der Waals surface area contributed by atoms with E-state index < -0.39 is 5.97 Å². The molecule has 2 aromatic carbocycles. The van der Waals surface area contributed by atoms with Crippen molar-refractivity contribution in [2.24, 2.45) is 5.73 Å². The fourth-order valence-electron chi connectivity index (χ4n) is 4.76. The highest BCUT2D eigenvalue weighted by Crippen LogP contribution is 2.31. The number of rotatable bonds is 6. The molecule has 0 unspecified atom stereocenters. The van der Waals surface area contributed by atoms with Gasteiger partial charge in [-0.25, -0.2) is 9.59 Å². The quantitative estimate of drug-likeness (QED) is 0.320. The Hall–Kier alpha value is -3.33. The third kappa shape index (κ3) is 5.23. The third-order valence-corrected chi connectivity index (χ3v) is 7.45. The first-order valence-corrected chi connectivity index (χ1v) is 12.8. The molecule has 0 bridgehead atoms. The van der Waals surface area contributed by atoms with E-state index in [1.54, 1.807) is 47.0 Å². The number of esters is 1. The number of pyridine rings is 1. The van der Waals surface area contributed by atoms with Crippen LogP contribution in [-0.2, 0) is 11.3 Å². The molecule has 1 fully saturated rings. The number of aromatic nitrogens is 3. The topological polar surface area (TPSA) is 101 Å². The number of imidazole rings is 1. The second-order valence-corrected chi connectivity index (χ2v) is 9.98. The molecule has 1 aliphatic carbocycles. The van der Waals surface area contributed by atoms with E-state index in [1.807, 2.05) is 16.7 Å². The summed E-state index contributed by atoms with van der Waals surface area (Å²) in [6.45, 7) is 0.274. The van der Waals surface area contributed by atoms with E-state index in [9.17, 15) is 9.59 Å². The monoisotopic (exact) mass is 540 g/mol. The number of fused-ring (bicyclic) bond motifs is 1. The van der Waals surface area contributed by atoms with Crippen molar-refractivity contribution in [1.29, 1.82) is 0 Å². The maximum atomic E-state index is 13.7. The summed E-state index contributed by atoms with van der Waals surface area (Å²) in [4.78, 5) is 30.2. The minimum Gasteiger partial charge on any atom is -0.465 e. The van der Waals surface area contributed by atoms with Crippen LogP contribution in [-0.4, -0.2) is 33.2 Å². The Bertz CT molecular complexity index is 1510. The highest BCUT2D eigenvalue weighted by molar-refractivity contribution is 6.42. The van der Waals surface area contributed by atoms with E-state index in [0.717, 1.165) is 36.8 Å². The van der Waals surface area contributed by atoms with Crippen LogP contribution in [0.5, 0.6) is 11.6 Å². The van der Waals surface area contributed by atoms with E-state index in [1.165, 1.54) is 7.11 Å². The Morgan fingerprint density at radius 3 is 2.43 bits per heavy atom. The van der Waals surface area contributed by atoms with Crippen molar-refractivity contribution in [3.05, 3.63) is 86.3 Å². The lowest BCUT2D eigenvalue weighted by atomic mass is 9.91. The Morgan fingerprint density at radius 2 is 1.76 bits per heavy atom. The van der Waals surface area contributed by atoms with Crippen LogP contribution in [0.1, 0.15) is 47.6 Å². The van der Waals surface area contributed by atoms with Gasteiger partial charge in [0.05, 0.1) is 34.8 Å². The first kappa shape index (κ1) is 25.3. The summed E-state index contributed by atoms with van der Waals surface area (Å²) in [5, 5.41) is 0.871. The van der Waals surface area contributed by atoms with Crippen molar-refractivity contribution in [2.45, 2.75) is 44.3 Å². The van der Waals surface area contributed by atoms with E-state index in [0.29, 0.717) is 32.9 Å². The van der Waals surface area contributed by atoms with Gasteiger partial charge in [0.2, 0.25) is 5.88 Å². The van der Waals surface area contributed by atoms with Crippen LogP contribution >= 0.6 is 23.2 Å². The van der Waals surface area contributed by atoms with Crippen LogP contribution in [0.2, 0.25) is 10.0 Å². The van der Waals surface area contributed by atoms with E-state index in [2.05, 4.69) is 0 Å². The Kier molecular flexibility index (Phi) is 7.24. The van der Waals surface area contributed by atoms with Gasteiger partial charge < -0.3 is 15.2 Å². The normalized spacial score (nSPS) is 17.6. The molecule has 0 amide bonds. The second kappa shape index (κ2) is 10.6. The summed E-state index contributed by atoms with van der Waals surface area (Å²) >= 11 is 12.3. The van der Waals surface area contributed by atoms with Crippen molar-refractivity contribution in [3.8, 4) is 11.6 Å². The zero-order valence-electron chi connectivity index (χ0n) is 20.2. The molecule has 0 atom stereocenters. The average molecular weight is 541 g/mol. The van der Waals surface area contributed by atoms with Crippen LogP contribution in [0.3, 0.4) is 0 Å². The number of hydrogen-bond donors (Lipinski definition) is 1. The van der Waals surface area contributed by atoms with Gasteiger partial charge in [0.1, 0.15) is 5.75 Å². The van der Waals surface area contributed by atoms with Crippen LogP contribution < -0.4 is 16.2 Å². The summed E-state index contributed by atoms with van der Waals surface area (Å²) < 4.78 is 14.2. The highest BCUT2D eigenvalue weighted by Gasteiger charge is 2.26.